The van der Waals surface area contributed by atoms with E-state index in [4.69, 9.17) is 9.47 Å². The largest absolute Gasteiger partial charge is 0.469 e. The SMILES string of the molecule is CCNC(=NCC(C)C(=O)OC)N1CCC(N(CC2CC2)C(=O)OC(C)(C)C)CC1. The molecule has 2 aliphatic rings. The van der Waals surface area contributed by atoms with E-state index in [0.29, 0.717) is 12.5 Å². The topological polar surface area (TPSA) is 83.5 Å². The van der Waals surface area contributed by atoms with Gasteiger partial charge in [-0.3, -0.25) is 9.79 Å². The first-order valence-corrected chi connectivity index (χ1v) is 11.2. The molecular weight excluding hydrogens is 384 g/mol. The van der Waals surface area contributed by atoms with E-state index in [9.17, 15) is 9.59 Å². The van der Waals surface area contributed by atoms with Gasteiger partial charge in [0.25, 0.3) is 0 Å². The zero-order chi connectivity index (χ0) is 22.3. The van der Waals surface area contributed by atoms with Crippen LogP contribution in [0, 0.1) is 11.8 Å². The van der Waals surface area contributed by atoms with Gasteiger partial charge in [0.15, 0.2) is 5.96 Å². The Bertz CT molecular complexity index is 605. The van der Waals surface area contributed by atoms with Crippen LogP contribution in [0.1, 0.15) is 60.3 Å². The fraction of sp³-hybridized carbons (Fsp3) is 0.864. The van der Waals surface area contributed by atoms with Crippen molar-refractivity contribution in [3.8, 4) is 0 Å². The average Bonchev–Trinajstić information content (AvgIpc) is 3.51. The number of carbonyl (C=O) groups excluding carboxylic acids is 2. The summed E-state index contributed by atoms with van der Waals surface area (Å²) >= 11 is 0. The Morgan fingerprint density at radius 2 is 1.83 bits per heavy atom. The number of likely N-dealkylation sites (tertiary alicyclic amines) is 1. The summed E-state index contributed by atoms with van der Waals surface area (Å²) in [5.74, 6) is 0.913. The molecule has 1 saturated heterocycles. The summed E-state index contributed by atoms with van der Waals surface area (Å²) in [7, 11) is 1.40. The van der Waals surface area contributed by atoms with E-state index in [1.807, 2.05) is 39.5 Å². The first-order chi connectivity index (χ1) is 14.1. The standard InChI is InChI=1S/C22H40N4O4/c1-7-23-20(24-14-16(2)19(27)29-6)25-12-10-18(11-13-25)26(15-17-8-9-17)21(28)30-22(3,4)5/h16-18H,7-15H2,1-6H3,(H,23,24). The van der Waals surface area contributed by atoms with Crippen molar-refractivity contribution in [2.45, 2.75) is 71.9 Å². The summed E-state index contributed by atoms with van der Waals surface area (Å²) in [5, 5.41) is 3.32. The summed E-state index contributed by atoms with van der Waals surface area (Å²) in [6.07, 6.45) is 3.97. The molecule has 0 aromatic rings. The Kier molecular flexibility index (Phi) is 8.79. The second-order valence-corrected chi connectivity index (χ2v) is 9.41. The van der Waals surface area contributed by atoms with Gasteiger partial charge in [0, 0.05) is 32.2 Å². The number of esters is 1. The third-order valence-corrected chi connectivity index (χ3v) is 5.44. The van der Waals surface area contributed by atoms with Gasteiger partial charge in [0.2, 0.25) is 0 Å². The molecule has 2 rings (SSSR count). The quantitative estimate of drug-likeness (QED) is 0.384. The maximum atomic E-state index is 12.8. The summed E-state index contributed by atoms with van der Waals surface area (Å²) in [5.41, 5.74) is -0.485. The highest BCUT2D eigenvalue weighted by Crippen LogP contribution is 2.32. The molecule has 1 unspecified atom stereocenters. The Labute approximate surface area is 181 Å². The van der Waals surface area contributed by atoms with Crippen LogP contribution in [0.5, 0.6) is 0 Å². The predicted octanol–water partition coefficient (Wildman–Crippen LogP) is 2.87. The highest BCUT2D eigenvalue weighted by atomic mass is 16.6. The molecule has 2 fully saturated rings. The van der Waals surface area contributed by atoms with Crippen LogP contribution in [0.3, 0.4) is 0 Å². The van der Waals surface area contributed by atoms with Crippen molar-refractivity contribution in [1.82, 2.24) is 15.1 Å². The minimum atomic E-state index is -0.485. The molecule has 1 amide bonds. The summed E-state index contributed by atoms with van der Waals surface area (Å²) in [6, 6.07) is 0.188. The molecule has 172 valence electrons. The molecular formula is C22H40N4O4. The van der Waals surface area contributed by atoms with Crippen LogP contribution in [0.4, 0.5) is 4.79 Å². The number of nitrogens with zero attached hydrogens (tertiary/aromatic N) is 3. The number of carbonyl (C=O) groups is 2. The number of methoxy groups -OCH3 is 1. The smallest absolute Gasteiger partial charge is 0.410 e. The number of ether oxygens (including phenoxy) is 2. The minimum Gasteiger partial charge on any atom is -0.469 e. The van der Waals surface area contributed by atoms with Gasteiger partial charge in [-0.2, -0.15) is 0 Å². The molecule has 0 spiro atoms. The summed E-state index contributed by atoms with van der Waals surface area (Å²) in [4.78, 5) is 33.3. The number of hydrogen-bond acceptors (Lipinski definition) is 5. The molecule has 0 aromatic carbocycles. The van der Waals surface area contributed by atoms with Crippen LogP contribution in [-0.2, 0) is 14.3 Å². The number of aliphatic imine (C=N–C) groups is 1. The van der Waals surface area contributed by atoms with Gasteiger partial charge in [0.05, 0.1) is 19.6 Å². The van der Waals surface area contributed by atoms with Crippen molar-refractivity contribution in [2.75, 3.05) is 39.8 Å². The molecule has 8 heteroatoms. The lowest BCUT2D eigenvalue weighted by Gasteiger charge is -2.40. The van der Waals surface area contributed by atoms with Gasteiger partial charge in [-0.15, -0.1) is 0 Å². The van der Waals surface area contributed by atoms with Crippen LogP contribution in [0.2, 0.25) is 0 Å². The van der Waals surface area contributed by atoms with Gasteiger partial charge < -0.3 is 24.6 Å². The maximum Gasteiger partial charge on any atom is 0.410 e. The predicted molar refractivity (Wildman–Crippen MR) is 117 cm³/mol. The first kappa shape index (κ1) is 24.3. The second-order valence-electron chi connectivity index (χ2n) is 9.41. The molecule has 0 aromatic heterocycles. The van der Waals surface area contributed by atoms with E-state index in [2.05, 4.69) is 15.2 Å². The molecule has 1 aliphatic carbocycles. The lowest BCUT2D eigenvalue weighted by Crippen LogP contribution is -2.52. The van der Waals surface area contributed by atoms with Crippen LogP contribution < -0.4 is 5.32 Å². The lowest BCUT2D eigenvalue weighted by molar-refractivity contribution is -0.144. The number of guanidine groups is 1. The Morgan fingerprint density at radius 1 is 1.20 bits per heavy atom. The number of nitrogens with one attached hydrogen (secondary N) is 1. The van der Waals surface area contributed by atoms with Gasteiger partial charge in [0.1, 0.15) is 5.60 Å². The highest BCUT2D eigenvalue weighted by molar-refractivity contribution is 5.80. The minimum absolute atomic E-state index is 0.188. The van der Waals surface area contributed by atoms with Gasteiger partial charge in [-0.25, -0.2) is 4.79 Å². The first-order valence-electron chi connectivity index (χ1n) is 11.2. The third kappa shape index (κ3) is 7.69. The molecule has 1 heterocycles. The van der Waals surface area contributed by atoms with E-state index >= 15 is 0 Å². The van der Waals surface area contributed by atoms with Crippen LogP contribution in [0.15, 0.2) is 4.99 Å². The maximum absolute atomic E-state index is 12.8. The zero-order valence-electron chi connectivity index (χ0n) is 19.6. The number of rotatable bonds is 7. The van der Waals surface area contributed by atoms with Gasteiger partial charge in [-0.1, -0.05) is 6.92 Å². The molecule has 1 saturated carbocycles. The third-order valence-electron chi connectivity index (χ3n) is 5.44. The van der Waals surface area contributed by atoms with E-state index in [1.165, 1.54) is 20.0 Å². The number of hydrogen-bond donors (Lipinski definition) is 1. The zero-order valence-corrected chi connectivity index (χ0v) is 19.6. The number of amides is 1. The van der Waals surface area contributed by atoms with Crippen LogP contribution >= 0.6 is 0 Å². The van der Waals surface area contributed by atoms with Gasteiger partial charge in [-0.05, 0) is 59.3 Å². The Balaban J connectivity index is 1.98. The molecule has 0 radical (unpaired) electrons. The summed E-state index contributed by atoms with van der Waals surface area (Å²) < 4.78 is 10.5. The Morgan fingerprint density at radius 3 is 2.33 bits per heavy atom. The van der Waals surface area contributed by atoms with E-state index < -0.39 is 5.60 Å². The molecule has 30 heavy (non-hydrogen) atoms. The van der Waals surface area contributed by atoms with Crippen molar-refractivity contribution >= 4 is 18.0 Å². The van der Waals surface area contributed by atoms with Crippen molar-refractivity contribution in [3.05, 3.63) is 0 Å². The van der Waals surface area contributed by atoms with E-state index in [-0.39, 0.29) is 24.0 Å². The van der Waals surface area contributed by atoms with Gasteiger partial charge >= 0.3 is 12.1 Å². The fourth-order valence-electron chi connectivity index (χ4n) is 3.59. The van der Waals surface area contributed by atoms with Crippen LogP contribution in [0.25, 0.3) is 0 Å². The van der Waals surface area contributed by atoms with Crippen LogP contribution in [-0.4, -0.2) is 79.3 Å². The second kappa shape index (κ2) is 10.9. The lowest BCUT2D eigenvalue weighted by atomic mass is 10.0. The Hall–Kier alpha value is -1.99. The highest BCUT2D eigenvalue weighted by Gasteiger charge is 2.35. The van der Waals surface area contributed by atoms with Crippen molar-refractivity contribution in [1.29, 1.82) is 0 Å². The van der Waals surface area contributed by atoms with E-state index in [0.717, 1.165) is 45.0 Å². The molecule has 0 bridgehead atoms. The average molecular weight is 425 g/mol. The molecule has 8 nitrogen and oxygen atoms in total. The normalized spacial score (nSPS) is 19.3. The molecule has 1 atom stereocenters. The van der Waals surface area contributed by atoms with Crippen molar-refractivity contribution < 1.29 is 19.1 Å². The van der Waals surface area contributed by atoms with E-state index in [1.54, 1.807) is 0 Å². The van der Waals surface area contributed by atoms with Crippen molar-refractivity contribution in [2.24, 2.45) is 16.8 Å². The molecule has 1 N–H and O–H groups in total. The monoisotopic (exact) mass is 424 g/mol. The molecule has 1 aliphatic heterocycles. The number of piperidine rings is 1. The fourth-order valence-corrected chi connectivity index (χ4v) is 3.59. The summed E-state index contributed by atoms with van der Waals surface area (Å²) in [6.45, 7) is 13.2. The van der Waals surface area contributed by atoms with Crippen molar-refractivity contribution in [3.63, 3.8) is 0 Å².